The maximum absolute atomic E-state index is 11.1. The van der Waals surface area contributed by atoms with Gasteiger partial charge in [0.1, 0.15) is 0 Å². The van der Waals surface area contributed by atoms with E-state index in [9.17, 15) is 22.8 Å². The molecule has 0 aliphatic carbocycles. The van der Waals surface area contributed by atoms with Crippen molar-refractivity contribution in [2.75, 3.05) is 39.6 Å². The summed E-state index contributed by atoms with van der Waals surface area (Å²) >= 11 is 0. The Labute approximate surface area is 134 Å². The second-order valence-electron chi connectivity index (χ2n) is 4.06. The molecule has 0 saturated heterocycles. The number of amides is 2. The largest absolute Gasteiger partial charge is 0.490 e. The average molecular weight is 358 g/mol. The second kappa shape index (κ2) is 11.5. The number of carboxylic acids is 1. The van der Waals surface area contributed by atoms with Crippen LogP contribution in [-0.4, -0.2) is 73.5 Å². The molecular weight excluding hydrogens is 341 g/mol. The minimum Gasteiger partial charge on any atom is -0.475 e. The first-order valence-corrected chi connectivity index (χ1v) is 6.51. The zero-order valence-electron chi connectivity index (χ0n) is 12.5. The van der Waals surface area contributed by atoms with E-state index >= 15 is 0 Å². The molecule has 0 unspecified atom stereocenters. The summed E-state index contributed by atoms with van der Waals surface area (Å²) in [5.41, 5.74) is 0. The van der Waals surface area contributed by atoms with Crippen molar-refractivity contribution in [2.45, 2.75) is 6.18 Å². The van der Waals surface area contributed by atoms with Crippen LogP contribution in [0, 0.1) is 0 Å². The van der Waals surface area contributed by atoms with E-state index < -0.39 is 12.1 Å². The van der Waals surface area contributed by atoms with Crippen molar-refractivity contribution in [2.24, 2.45) is 5.90 Å². The monoisotopic (exact) mass is 358 g/mol. The van der Waals surface area contributed by atoms with Gasteiger partial charge in [-0.05, 0) is 0 Å². The van der Waals surface area contributed by atoms with E-state index in [-0.39, 0.29) is 18.4 Å². The number of hydrogen-bond donors (Lipinski definition) is 2. The van der Waals surface area contributed by atoms with E-state index in [0.29, 0.717) is 33.0 Å². The molecule has 2 amide bonds. The minimum atomic E-state index is -5.08. The lowest BCUT2D eigenvalue weighted by atomic mass is 10.5. The summed E-state index contributed by atoms with van der Waals surface area (Å²) in [5.74, 6) is 1.45. The molecule has 1 aliphatic heterocycles. The number of carbonyl (C=O) groups excluding carboxylic acids is 2. The third-order valence-electron chi connectivity index (χ3n) is 2.32. The van der Waals surface area contributed by atoms with Crippen molar-refractivity contribution in [3.05, 3.63) is 12.2 Å². The van der Waals surface area contributed by atoms with Crippen LogP contribution in [0.25, 0.3) is 0 Å². The standard InChI is InChI=1S/C10H16N2O5.C2HF3O2/c11-17-8-7-16-6-5-15-4-3-12-9(13)1-2-10(12)14;3-2(4,5)1(6)7/h1-2H,3-8,11H2;(H,6,7). The van der Waals surface area contributed by atoms with Gasteiger partial charge in [0.25, 0.3) is 11.8 Å². The van der Waals surface area contributed by atoms with Gasteiger partial charge in [-0.15, -0.1) is 0 Å². The van der Waals surface area contributed by atoms with Gasteiger partial charge in [-0.25, -0.2) is 10.7 Å². The van der Waals surface area contributed by atoms with Crippen molar-refractivity contribution in [1.82, 2.24) is 4.90 Å². The Morgan fingerprint density at radius 3 is 1.88 bits per heavy atom. The number of nitrogens with zero attached hydrogens (tertiary/aromatic N) is 1. The lowest BCUT2D eigenvalue weighted by molar-refractivity contribution is -0.192. The third kappa shape index (κ3) is 9.89. The number of aliphatic carboxylic acids is 1. The van der Waals surface area contributed by atoms with Crippen LogP contribution in [0.15, 0.2) is 12.2 Å². The second-order valence-corrected chi connectivity index (χ2v) is 4.06. The molecule has 0 spiro atoms. The number of hydrogen-bond acceptors (Lipinski definition) is 7. The Bertz CT molecular complexity index is 436. The Kier molecular flexibility index (Phi) is 10.5. The van der Waals surface area contributed by atoms with Crippen molar-refractivity contribution >= 4 is 17.8 Å². The van der Waals surface area contributed by atoms with E-state index in [1.165, 1.54) is 12.2 Å². The van der Waals surface area contributed by atoms with Gasteiger partial charge < -0.3 is 19.4 Å². The molecule has 0 atom stereocenters. The first-order valence-electron chi connectivity index (χ1n) is 6.51. The summed E-state index contributed by atoms with van der Waals surface area (Å²) in [6, 6.07) is 0. The number of alkyl halides is 3. The summed E-state index contributed by atoms with van der Waals surface area (Å²) < 4.78 is 42.0. The Morgan fingerprint density at radius 1 is 1.04 bits per heavy atom. The quantitative estimate of drug-likeness (QED) is 0.320. The lowest BCUT2D eigenvalue weighted by Gasteiger charge is -2.13. The highest BCUT2D eigenvalue weighted by atomic mass is 19.4. The Hall–Kier alpha value is -2.02. The lowest BCUT2D eigenvalue weighted by Crippen LogP contribution is -2.33. The molecule has 9 nitrogen and oxygen atoms in total. The topological polar surface area (TPSA) is 128 Å². The number of halogens is 3. The number of ether oxygens (including phenoxy) is 2. The zero-order valence-corrected chi connectivity index (χ0v) is 12.5. The highest BCUT2D eigenvalue weighted by Gasteiger charge is 2.38. The number of nitrogens with two attached hydrogens (primary N) is 1. The minimum absolute atomic E-state index is 0.260. The molecule has 0 aromatic heterocycles. The van der Waals surface area contributed by atoms with Crippen LogP contribution in [0.5, 0.6) is 0 Å². The van der Waals surface area contributed by atoms with Crippen LogP contribution in [0.2, 0.25) is 0 Å². The first kappa shape index (κ1) is 22.0. The van der Waals surface area contributed by atoms with Gasteiger partial charge >= 0.3 is 12.1 Å². The fraction of sp³-hybridized carbons (Fsp3) is 0.583. The molecule has 24 heavy (non-hydrogen) atoms. The van der Waals surface area contributed by atoms with Crippen LogP contribution in [0.1, 0.15) is 0 Å². The summed E-state index contributed by atoms with van der Waals surface area (Å²) in [6.45, 7) is 2.12. The van der Waals surface area contributed by atoms with Gasteiger partial charge in [0, 0.05) is 12.2 Å². The maximum Gasteiger partial charge on any atom is 0.490 e. The molecule has 0 aromatic rings. The fourth-order valence-corrected chi connectivity index (χ4v) is 1.24. The van der Waals surface area contributed by atoms with E-state index in [4.69, 9.17) is 25.3 Å². The van der Waals surface area contributed by atoms with Crippen LogP contribution in [-0.2, 0) is 28.7 Å². The van der Waals surface area contributed by atoms with Gasteiger partial charge in [0.2, 0.25) is 0 Å². The molecule has 1 aliphatic rings. The van der Waals surface area contributed by atoms with Crippen molar-refractivity contribution in [1.29, 1.82) is 0 Å². The van der Waals surface area contributed by atoms with Crippen LogP contribution in [0.3, 0.4) is 0 Å². The van der Waals surface area contributed by atoms with Crippen LogP contribution in [0.4, 0.5) is 13.2 Å². The molecule has 0 fully saturated rings. The molecule has 0 bridgehead atoms. The molecule has 1 heterocycles. The van der Waals surface area contributed by atoms with Gasteiger partial charge in [-0.2, -0.15) is 13.2 Å². The highest BCUT2D eigenvalue weighted by molar-refractivity contribution is 6.12. The van der Waals surface area contributed by atoms with E-state index in [1.54, 1.807) is 0 Å². The first-order chi connectivity index (χ1) is 11.2. The number of rotatable bonds is 9. The van der Waals surface area contributed by atoms with Crippen LogP contribution >= 0.6 is 0 Å². The normalized spacial score (nSPS) is 13.9. The summed E-state index contributed by atoms with van der Waals surface area (Å²) in [6.07, 6.45) is -2.59. The molecule has 3 N–H and O–H groups in total. The fourth-order valence-electron chi connectivity index (χ4n) is 1.24. The summed E-state index contributed by atoms with van der Waals surface area (Å²) in [5, 5.41) is 7.12. The third-order valence-corrected chi connectivity index (χ3v) is 2.32. The van der Waals surface area contributed by atoms with Crippen molar-refractivity contribution in [3.63, 3.8) is 0 Å². The summed E-state index contributed by atoms with van der Waals surface area (Å²) in [4.78, 5) is 36.6. The van der Waals surface area contributed by atoms with E-state index in [0.717, 1.165) is 4.90 Å². The Morgan fingerprint density at radius 2 is 1.46 bits per heavy atom. The van der Waals surface area contributed by atoms with E-state index in [2.05, 4.69) is 4.84 Å². The predicted octanol–water partition coefficient (Wildman–Crippen LogP) is -0.532. The van der Waals surface area contributed by atoms with Gasteiger partial charge in [-0.1, -0.05) is 0 Å². The number of carboxylic acid groups (broad SMARTS) is 1. The summed E-state index contributed by atoms with van der Waals surface area (Å²) in [7, 11) is 0. The molecule has 0 saturated carbocycles. The number of imide groups is 1. The molecule has 12 heteroatoms. The molecule has 0 aromatic carbocycles. The van der Waals surface area contributed by atoms with Crippen LogP contribution < -0.4 is 5.90 Å². The van der Waals surface area contributed by atoms with Gasteiger partial charge in [0.05, 0.1) is 39.6 Å². The van der Waals surface area contributed by atoms with Gasteiger partial charge in [-0.3, -0.25) is 14.5 Å². The van der Waals surface area contributed by atoms with Crippen molar-refractivity contribution < 1.29 is 47.0 Å². The number of carbonyl (C=O) groups is 3. The zero-order chi connectivity index (χ0) is 18.6. The predicted molar refractivity (Wildman–Crippen MR) is 71.3 cm³/mol. The molecule has 0 radical (unpaired) electrons. The van der Waals surface area contributed by atoms with Crippen molar-refractivity contribution in [3.8, 4) is 0 Å². The maximum atomic E-state index is 11.1. The molecule has 1 rings (SSSR count). The molecule has 138 valence electrons. The van der Waals surface area contributed by atoms with E-state index in [1.807, 2.05) is 0 Å². The SMILES string of the molecule is NOCCOCCOCCN1C(=O)C=CC1=O.O=C(O)C(F)(F)F. The smallest absolute Gasteiger partial charge is 0.475 e. The average Bonchev–Trinajstić information content (AvgIpc) is 2.81. The Balaban J connectivity index is 0.000000640. The highest BCUT2D eigenvalue weighted by Crippen LogP contribution is 2.13. The molecular formula is C12H17F3N2O7. The van der Waals surface area contributed by atoms with Gasteiger partial charge in [0.15, 0.2) is 0 Å².